The smallest absolute Gasteiger partial charge is 0.170 e. The molecule has 0 aliphatic carbocycles. The Hall–Kier alpha value is -2.37. The van der Waals surface area contributed by atoms with Gasteiger partial charge in [-0.3, -0.25) is 9.69 Å². The first-order valence-electron chi connectivity index (χ1n) is 11.9. The fraction of sp³-hybridized carbons (Fsp3) is 0.519. The summed E-state index contributed by atoms with van der Waals surface area (Å²) >= 11 is 0. The molecule has 5 heteroatoms. The number of nitrogens with zero attached hydrogens (tertiary/aromatic N) is 2. The zero-order chi connectivity index (χ0) is 22.3. The number of likely N-dealkylation sites (tertiary alicyclic amines) is 2. The van der Waals surface area contributed by atoms with Crippen LogP contribution in [-0.2, 0) is 6.42 Å². The lowest BCUT2D eigenvalue weighted by atomic mass is 9.88. The predicted molar refractivity (Wildman–Crippen MR) is 128 cm³/mol. The van der Waals surface area contributed by atoms with Crippen LogP contribution in [0.2, 0.25) is 0 Å². The van der Waals surface area contributed by atoms with Gasteiger partial charge in [-0.05, 0) is 69.4 Å². The number of carbonyl (C=O) groups excluding carboxylic acids is 1. The number of ketones is 1. The number of rotatable bonds is 8. The summed E-state index contributed by atoms with van der Waals surface area (Å²) in [5.41, 5.74) is 2.09. The van der Waals surface area contributed by atoms with Crippen molar-refractivity contribution >= 4 is 5.78 Å². The van der Waals surface area contributed by atoms with Gasteiger partial charge >= 0.3 is 0 Å². The number of methoxy groups -OCH3 is 2. The summed E-state index contributed by atoms with van der Waals surface area (Å²) in [4.78, 5) is 18.5. The van der Waals surface area contributed by atoms with Gasteiger partial charge < -0.3 is 14.4 Å². The van der Waals surface area contributed by atoms with Crippen molar-refractivity contribution in [3.63, 3.8) is 0 Å². The minimum absolute atomic E-state index is 0.0437. The van der Waals surface area contributed by atoms with Gasteiger partial charge in [0.15, 0.2) is 5.78 Å². The molecule has 0 bridgehead atoms. The van der Waals surface area contributed by atoms with E-state index in [0.29, 0.717) is 23.1 Å². The van der Waals surface area contributed by atoms with Gasteiger partial charge in [-0.15, -0.1) is 0 Å². The topological polar surface area (TPSA) is 42.0 Å². The van der Waals surface area contributed by atoms with E-state index in [1.165, 1.54) is 18.4 Å². The minimum Gasteiger partial charge on any atom is -0.497 e. The number of Topliss-reactive ketones (excluding diaryl/α,β-unsaturated/α-hetero) is 1. The molecule has 2 aromatic rings. The predicted octanol–water partition coefficient (Wildman–Crippen LogP) is 4.31. The second kappa shape index (κ2) is 11.0. The third-order valence-electron chi connectivity index (χ3n) is 7.13. The van der Waals surface area contributed by atoms with E-state index in [-0.39, 0.29) is 11.7 Å². The van der Waals surface area contributed by atoms with E-state index in [2.05, 4.69) is 40.1 Å². The fourth-order valence-electron chi connectivity index (χ4n) is 5.21. The van der Waals surface area contributed by atoms with Crippen LogP contribution < -0.4 is 9.47 Å². The molecular formula is C27H36N2O3. The fourth-order valence-corrected chi connectivity index (χ4v) is 5.21. The Labute approximate surface area is 192 Å². The van der Waals surface area contributed by atoms with E-state index in [4.69, 9.17) is 9.47 Å². The molecule has 0 amide bonds. The van der Waals surface area contributed by atoms with E-state index in [0.717, 1.165) is 52.0 Å². The Kier molecular flexibility index (Phi) is 7.82. The highest BCUT2D eigenvalue weighted by atomic mass is 16.5. The normalized spacial score (nSPS) is 20.8. The molecule has 0 N–H and O–H groups in total. The molecule has 172 valence electrons. The summed E-state index contributed by atoms with van der Waals surface area (Å²) in [6.07, 6.45) is 5.56. The Balaban J connectivity index is 1.30. The SMILES string of the molecule is COc1ccc(C(=O)C2CCCN(C3CCN(CCc4ccccc4)CC3)C2)c(OC)c1. The number of hydrogen-bond acceptors (Lipinski definition) is 5. The average molecular weight is 437 g/mol. The lowest BCUT2D eigenvalue weighted by Gasteiger charge is -2.42. The van der Waals surface area contributed by atoms with Crippen LogP contribution >= 0.6 is 0 Å². The molecule has 0 spiro atoms. The molecule has 0 aromatic heterocycles. The van der Waals surface area contributed by atoms with E-state index in [1.54, 1.807) is 20.3 Å². The molecule has 1 atom stereocenters. The maximum Gasteiger partial charge on any atom is 0.170 e. The number of carbonyl (C=O) groups is 1. The molecule has 0 saturated carbocycles. The highest BCUT2D eigenvalue weighted by molar-refractivity contribution is 6.00. The summed E-state index contributed by atoms with van der Waals surface area (Å²) in [6.45, 7) is 5.41. The first-order valence-corrected chi connectivity index (χ1v) is 11.9. The quantitative estimate of drug-likeness (QED) is 0.577. The molecular weight excluding hydrogens is 400 g/mol. The van der Waals surface area contributed by atoms with Crippen molar-refractivity contribution in [2.24, 2.45) is 5.92 Å². The van der Waals surface area contributed by atoms with Crippen LogP contribution in [0.3, 0.4) is 0 Å². The molecule has 2 aliphatic rings. The van der Waals surface area contributed by atoms with Crippen molar-refractivity contribution in [3.05, 3.63) is 59.7 Å². The van der Waals surface area contributed by atoms with Gasteiger partial charge in [-0.25, -0.2) is 0 Å². The van der Waals surface area contributed by atoms with Gasteiger partial charge in [0.25, 0.3) is 0 Å². The van der Waals surface area contributed by atoms with Crippen molar-refractivity contribution in [3.8, 4) is 11.5 Å². The van der Waals surface area contributed by atoms with Crippen LogP contribution in [0.5, 0.6) is 11.5 Å². The van der Waals surface area contributed by atoms with E-state index >= 15 is 0 Å². The van der Waals surface area contributed by atoms with Gasteiger partial charge in [0.05, 0.1) is 19.8 Å². The summed E-state index contributed by atoms with van der Waals surface area (Å²) in [5.74, 6) is 1.57. The lowest BCUT2D eigenvalue weighted by Crippen LogP contribution is -2.49. The summed E-state index contributed by atoms with van der Waals surface area (Å²) < 4.78 is 10.8. The maximum absolute atomic E-state index is 13.3. The molecule has 2 fully saturated rings. The van der Waals surface area contributed by atoms with Crippen molar-refractivity contribution in [1.82, 2.24) is 9.80 Å². The van der Waals surface area contributed by atoms with Crippen molar-refractivity contribution < 1.29 is 14.3 Å². The Morgan fingerprint density at radius 3 is 2.47 bits per heavy atom. The van der Waals surface area contributed by atoms with Gasteiger partial charge in [-0.2, -0.15) is 0 Å². The molecule has 0 radical (unpaired) electrons. The minimum atomic E-state index is 0.0437. The van der Waals surface area contributed by atoms with Crippen LogP contribution in [0.4, 0.5) is 0 Å². The number of piperidine rings is 2. The third-order valence-corrected chi connectivity index (χ3v) is 7.13. The molecule has 1 unspecified atom stereocenters. The second-order valence-electron chi connectivity index (χ2n) is 9.07. The molecule has 32 heavy (non-hydrogen) atoms. The molecule has 2 aromatic carbocycles. The van der Waals surface area contributed by atoms with Crippen molar-refractivity contribution in [2.45, 2.75) is 38.1 Å². The Morgan fingerprint density at radius 2 is 1.75 bits per heavy atom. The summed E-state index contributed by atoms with van der Waals surface area (Å²) in [7, 11) is 3.24. The molecule has 5 nitrogen and oxygen atoms in total. The van der Waals surface area contributed by atoms with E-state index < -0.39 is 0 Å². The first kappa shape index (κ1) is 22.8. The largest absolute Gasteiger partial charge is 0.497 e. The maximum atomic E-state index is 13.3. The average Bonchev–Trinajstić information content (AvgIpc) is 2.87. The summed E-state index contributed by atoms with van der Waals surface area (Å²) in [5, 5.41) is 0. The first-order chi connectivity index (χ1) is 15.7. The highest BCUT2D eigenvalue weighted by Crippen LogP contribution is 2.31. The van der Waals surface area contributed by atoms with Crippen LogP contribution in [0.15, 0.2) is 48.5 Å². The lowest BCUT2D eigenvalue weighted by molar-refractivity contribution is 0.0596. The second-order valence-corrected chi connectivity index (χ2v) is 9.07. The van der Waals surface area contributed by atoms with Crippen LogP contribution in [0.1, 0.15) is 41.6 Å². The Morgan fingerprint density at radius 1 is 0.969 bits per heavy atom. The third kappa shape index (κ3) is 5.51. The standard InChI is InChI=1S/C27H36N2O3/c1-31-24-10-11-25(26(19-24)32-2)27(30)22-9-6-15-29(20-22)23-13-17-28(18-14-23)16-12-21-7-4-3-5-8-21/h3-5,7-8,10-11,19,22-23H,6,9,12-18,20H2,1-2H3. The number of benzene rings is 2. The Bertz CT molecular complexity index is 878. The van der Waals surface area contributed by atoms with Crippen LogP contribution in [0.25, 0.3) is 0 Å². The molecule has 2 saturated heterocycles. The van der Waals surface area contributed by atoms with Crippen molar-refractivity contribution in [1.29, 1.82) is 0 Å². The van der Waals surface area contributed by atoms with E-state index in [1.807, 2.05) is 12.1 Å². The molecule has 2 heterocycles. The van der Waals surface area contributed by atoms with E-state index in [9.17, 15) is 4.79 Å². The zero-order valence-corrected chi connectivity index (χ0v) is 19.5. The number of hydrogen-bond donors (Lipinski definition) is 0. The molecule has 2 aliphatic heterocycles. The summed E-state index contributed by atoms with van der Waals surface area (Å²) in [6, 6.07) is 16.9. The van der Waals surface area contributed by atoms with Gasteiger partial charge in [0, 0.05) is 31.1 Å². The zero-order valence-electron chi connectivity index (χ0n) is 19.5. The van der Waals surface area contributed by atoms with Gasteiger partial charge in [-0.1, -0.05) is 30.3 Å². The van der Waals surface area contributed by atoms with Crippen molar-refractivity contribution in [2.75, 3.05) is 46.9 Å². The van der Waals surface area contributed by atoms with Crippen LogP contribution in [-0.4, -0.2) is 68.6 Å². The highest BCUT2D eigenvalue weighted by Gasteiger charge is 2.33. The van der Waals surface area contributed by atoms with Gasteiger partial charge in [0.2, 0.25) is 0 Å². The van der Waals surface area contributed by atoms with Crippen LogP contribution in [0, 0.1) is 5.92 Å². The number of ether oxygens (including phenoxy) is 2. The monoisotopic (exact) mass is 436 g/mol. The molecule has 4 rings (SSSR count). The van der Waals surface area contributed by atoms with Gasteiger partial charge in [0.1, 0.15) is 11.5 Å².